The van der Waals surface area contributed by atoms with E-state index in [1.54, 1.807) is 11.8 Å². The van der Waals surface area contributed by atoms with Crippen molar-refractivity contribution in [1.82, 2.24) is 9.78 Å². The third kappa shape index (κ3) is 3.43. The molecular weight excluding hydrogens is 270 g/mol. The van der Waals surface area contributed by atoms with Crippen LogP contribution in [-0.2, 0) is 20.9 Å². The monoisotopic (exact) mass is 293 g/mol. The molecule has 1 aliphatic rings. The highest BCUT2D eigenvalue weighted by Gasteiger charge is 2.28. The minimum atomic E-state index is -0.364. The molecule has 0 aliphatic carbocycles. The molecule has 116 valence electrons. The van der Waals surface area contributed by atoms with E-state index in [2.05, 4.69) is 5.10 Å². The van der Waals surface area contributed by atoms with Crippen LogP contribution in [0.1, 0.15) is 38.8 Å². The number of nitrogens with zero attached hydrogens (tertiary/aromatic N) is 3. The third-order valence-electron chi connectivity index (χ3n) is 3.74. The zero-order chi connectivity index (χ0) is 15.4. The number of amides is 1. The molecule has 6 heteroatoms. The van der Waals surface area contributed by atoms with Gasteiger partial charge in [-0.15, -0.1) is 0 Å². The van der Waals surface area contributed by atoms with Gasteiger partial charge in [-0.2, -0.15) is 5.10 Å². The van der Waals surface area contributed by atoms with Crippen LogP contribution < -0.4 is 4.90 Å². The first-order valence-corrected chi connectivity index (χ1v) is 7.58. The number of aryl methyl sites for hydroxylation is 2. The van der Waals surface area contributed by atoms with E-state index in [4.69, 9.17) is 4.74 Å². The maximum atomic E-state index is 12.5. The fraction of sp³-hybridized carbons (Fsp3) is 0.667. The van der Waals surface area contributed by atoms with Crippen LogP contribution in [0.5, 0.6) is 0 Å². The number of hydrogen-bond donors (Lipinski definition) is 0. The normalized spacial score (nSPS) is 15.5. The summed E-state index contributed by atoms with van der Waals surface area (Å²) in [5, 5.41) is 4.38. The minimum Gasteiger partial charge on any atom is -0.466 e. The van der Waals surface area contributed by atoms with Crippen molar-refractivity contribution in [2.24, 2.45) is 5.92 Å². The van der Waals surface area contributed by atoms with E-state index in [9.17, 15) is 9.59 Å². The zero-order valence-electron chi connectivity index (χ0n) is 13.0. The largest absolute Gasteiger partial charge is 0.466 e. The predicted molar refractivity (Wildman–Crippen MR) is 79.0 cm³/mol. The van der Waals surface area contributed by atoms with Crippen molar-refractivity contribution in [3.05, 3.63) is 11.8 Å². The summed E-state index contributed by atoms with van der Waals surface area (Å²) in [6.45, 7) is 7.46. The van der Waals surface area contributed by atoms with Crippen LogP contribution in [-0.4, -0.2) is 34.8 Å². The molecular formula is C15H23N3O3. The highest BCUT2D eigenvalue weighted by molar-refractivity contribution is 5.95. The van der Waals surface area contributed by atoms with Gasteiger partial charge >= 0.3 is 5.97 Å². The van der Waals surface area contributed by atoms with E-state index in [1.807, 2.05) is 24.6 Å². The molecule has 0 saturated heterocycles. The molecule has 1 atom stereocenters. The Kier molecular flexibility index (Phi) is 4.98. The van der Waals surface area contributed by atoms with Crippen molar-refractivity contribution in [2.45, 2.75) is 46.6 Å². The highest BCUT2D eigenvalue weighted by Crippen LogP contribution is 2.24. The molecule has 0 radical (unpaired) electrons. The molecule has 1 aliphatic heterocycles. The summed E-state index contributed by atoms with van der Waals surface area (Å²) in [4.78, 5) is 26.1. The van der Waals surface area contributed by atoms with Gasteiger partial charge in [0.05, 0.1) is 18.2 Å². The molecule has 0 fully saturated rings. The number of esters is 1. The number of hydrogen-bond acceptors (Lipinski definition) is 4. The van der Waals surface area contributed by atoms with E-state index in [1.165, 1.54) is 0 Å². The molecule has 2 rings (SSSR count). The molecule has 0 saturated carbocycles. The number of ether oxygens (including phenoxy) is 1. The van der Waals surface area contributed by atoms with Gasteiger partial charge in [-0.05, 0) is 26.7 Å². The fourth-order valence-electron chi connectivity index (χ4n) is 2.63. The SMILES string of the molecule is CCOC(=O)C(CC)CC(=O)N1CCCn2nc(C)cc21. The Morgan fingerprint density at radius 1 is 1.38 bits per heavy atom. The quantitative estimate of drug-likeness (QED) is 0.778. The predicted octanol–water partition coefficient (Wildman–Crippen LogP) is 1.91. The van der Waals surface area contributed by atoms with Gasteiger partial charge in [-0.3, -0.25) is 14.5 Å². The third-order valence-corrected chi connectivity index (χ3v) is 3.74. The average Bonchev–Trinajstić information content (AvgIpc) is 2.84. The number of anilines is 1. The summed E-state index contributed by atoms with van der Waals surface area (Å²) in [5.74, 6) is 0.158. The molecule has 0 bridgehead atoms. The first-order chi connectivity index (χ1) is 10.1. The Balaban J connectivity index is 2.08. The standard InChI is InChI=1S/C15H23N3O3/c1-4-12(15(20)21-5-2)10-14(19)17-7-6-8-18-13(17)9-11(3)16-18/h9,12H,4-8,10H2,1-3H3. The van der Waals surface area contributed by atoms with Gasteiger partial charge in [0.1, 0.15) is 5.82 Å². The second-order valence-electron chi connectivity index (χ2n) is 5.33. The Morgan fingerprint density at radius 2 is 2.14 bits per heavy atom. The average molecular weight is 293 g/mol. The van der Waals surface area contributed by atoms with Gasteiger partial charge in [0.25, 0.3) is 0 Å². The van der Waals surface area contributed by atoms with E-state index in [0.29, 0.717) is 19.6 Å². The van der Waals surface area contributed by atoms with Crippen LogP contribution in [0, 0.1) is 12.8 Å². The number of carbonyl (C=O) groups excluding carboxylic acids is 2. The number of aromatic nitrogens is 2. The van der Waals surface area contributed by atoms with Crippen molar-refractivity contribution in [3.8, 4) is 0 Å². The van der Waals surface area contributed by atoms with Gasteiger partial charge in [0, 0.05) is 25.6 Å². The Bertz CT molecular complexity index is 524. The first kappa shape index (κ1) is 15.5. The van der Waals surface area contributed by atoms with Gasteiger partial charge in [0.2, 0.25) is 5.91 Å². The van der Waals surface area contributed by atoms with Gasteiger partial charge < -0.3 is 4.74 Å². The van der Waals surface area contributed by atoms with Crippen LogP contribution >= 0.6 is 0 Å². The molecule has 0 aromatic carbocycles. The zero-order valence-corrected chi connectivity index (χ0v) is 13.0. The molecule has 1 amide bonds. The van der Waals surface area contributed by atoms with Crippen molar-refractivity contribution in [2.75, 3.05) is 18.1 Å². The van der Waals surface area contributed by atoms with Crippen LogP contribution in [0.15, 0.2) is 6.07 Å². The lowest BCUT2D eigenvalue weighted by molar-refractivity contribution is -0.149. The summed E-state index contributed by atoms with van der Waals surface area (Å²) in [5.41, 5.74) is 0.905. The minimum absolute atomic E-state index is 0.0317. The highest BCUT2D eigenvalue weighted by atomic mass is 16.5. The lowest BCUT2D eigenvalue weighted by Crippen LogP contribution is -2.39. The summed E-state index contributed by atoms with van der Waals surface area (Å²) < 4.78 is 6.89. The lowest BCUT2D eigenvalue weighted by Gasteiger charge is -2.28. The smallest absolute Gasteiger partial charge is 0.309 e. The van der Waals surface area contributed by atoms with E-state index in [0.717, 1.165) is 24.5 Å². The number of carbonyl (C=O) groups is 2. The molecule has 21 heavy (non-hydrogen) atoms. The molecule has 1 unspecified atom stereocenters. The number of fused-ring (bicyclic) bond motifs is 1. The van der Waals surface area contributed by atoms with Crippen LogP contribution in [0.4, 0.5) is 5.82 Å². The molecule has 2 heterocycles. The van der Waals surface area contributed by atoms with Crippen molar-refractivity contribution < 1.29 is 14.3 Å². The van der Waals surface area contributed by atoms with Gasteiger partial charge in [-0.1, -0.05) is 6.92 Å². The maximum absolute atomic E-state index is 12.5. The van der Waals surface area contributed by atoms with Crippen LogP contribution in [0.2, 0.25) is 0 Å². The van der Waals surface area contributed by atoms with Crippen molar-refractivity contribution in [1.29, 1.82) is 0 Å². The Labute approximate surface area is 125 Å². The fourth-order valence-corrected chi connectivity index (χ4v) is 2.63. The second kappa shape index (κ2) is 6.74. The van der Waals surface area contributed by atoms with Gasteiger partial charge in [-0.25, -0.2) is 4.68 Å². The number of rotatable bonds is 5. The molecule has 1 aromatic heterocycles. The summed E-state index contributed by atoms with van der Waals surface area (Å²) in [6, 6.07) is 1.92. The summed E-state index contributed by atoms with van der Waals surface area (Å²) in [6.07, 6.45) is 1.69. The summed E-state index contributed by atoms with van der Waals surface area (Å²) >= 11 is 0. The molecule has 6 nitrogen and oxygen atoms in total. The van der Waals surface area contributed by atoms with Crippen LogP contribution in [0.3, 0.4) is 0 Å². The van der Waals surface area contributed by atoms with E-state index < -0.39 is 0 Å². The van der Waals surface area contributed by atoms with E-state index in [-0.39, 0.29) is 24.2 Å². The van der Waals surface area contributed by atoms with Gasteiger partial charge in [0.15, 0.2) is 0 Å². The van der Waals surface area contributed by atoms with Crippen molar-refractivity contribution >= 4 is 17.7 Å². The second-order valence-corrected chi connectivity index (χ2v) is 5.33. The lowest BCUT2D eigenvalue weighted by atomic mass is 10.0. The molecule has 0 N–H and O–H groups in total. The Morgan fingerprint density at radius 3 is 2.81 bits per heavy atom. The topological polar surface area (TPSA) is 64.4 Å². The van der Waals surface area contributed by atoms with Crippen LogP contribution in [0.25, 0.3) is 0 Å². The maximum Gasteiger partial charge on any atom is 0.309 e. The molecule has 1 aromatic rings. The summed E-state index contributed by atoms with van der Waals surface area (Å²) in [7, 11) is 0. The van der Waals surface area contributed by atoms with Crippen molar-refractivity contribution in [3.63, 3.8) is 0 Å². The first-order valence-electron chi connectivity index (χ1n) is 7.58. The molecule has 0 spiro atoms. The van der Waals surface area contributed by atoms with E-state index >= 15 is 0 Å². The Hall–Kier alpha value is -1.85.